The second-order valence-corrected chi connectivity index (χ2v) is 11.6. The minimum absolute atomic E-state index is 1.13. The van der Waals surface area contributed by atoms with Crippen molar-refractivity contribution in [3.8, 4) is 11.1 Å². The molecule has 0 N–H and O–H groups in total. The molecule has 0 amide bonds. The summed E-state index contributed by atoms with van der Waals surface area (Å²) in [6, 6.07) is 63.3. The summed E-state index contributed by atoms with van der Waals surface area (Å²) < 4.78 is 0. The molecule has 0 aliphatic heterocycles. The average molecular weight is 577 g/mol. The van der Waals surface area contributed by atoms with Crippen molar-refractivity contribution >= 4 is 60.8 Å². The average Bonchev–Trinajstić information content (AvgIpc) is 3.11. The third-order valence-electron chi connectivity index (χ3n) is 8.79. The monoisotopic (exact) mass is 576 g/mol. The summed E-state index contributed by atoms with van der Waals surface area (Å²) in [6.07, 6.45) is 0. The van der Waals surface area contributed by atoms with Gasteiger partial charge in [0, 0.05) is 35.5 Å². The van der Waals surface area contributed by atoms with Gasteiger partial charge in [0.15, 0.2) is 0 Å². The maximum Gasteiger partial charge on any atom is 0.0468 e. The highest BCUT2D eigenvalue weighted by molar-refractivity contribution is 5.99. The van der Waals surface area contributed by atoms with Crippen LogP contribution in [0.2, 0.25) is 0 Å². The van der Waals surface area contributed by atoms with Crippen molar-refractivity contribution in [2.45, 2.75) is 0 Å². The molecule has 0 aliphatic rings. The van der Waals surface area contributed by atoms with E-state index in [9.17, 15) is 0 Å². The molecule has 45 heavy (non-hydrogen) atoms. The Kier molecular flexibility index (Phi) is 6.73. The molecule has 0 aromatic heterocycles. The lowest BCUT2D eigenvalue weighted by molar-refractivity contribution is 1.21. The van der Waals surface area contributed by atoms with Gasteiger partial charge in [0.25, 0.3) is 0 Å². The first-order chi connectivity index (χ1) is 22.2. The first-order valence-electron chi connectivity index (χ1n) is 15.4. The van der Waals surface area contributed by atoms with E-state index in [2.05, 4.69) is 193 Å². The van der Waals surface area contributed by atoms with Crippen molar-refractivity contribution < 1.29 is 0 Å². The van der Waals surface area contributed by atoms with Crippen molar-refractivity contribution in [2.24, 2.45) is 0 Å². The summed E-state index contributed by atoms with van der Waals surface area (Å²) in [4.78, 5) is 4.57. The van der Waals surface area contributed by atoms with Gasteiger partial charge in [-0.05, 0) is 116 Å². The standard InChI is InChI=1S/C43H32N2/c1-44(42-25-20-37-27-34-10-7-8-11-35(34)28-38(37)30-42)39-21-15-32(16-22-39)33-17-23-41(24-18-33)45(40-13-3-2-4-14-40)43-26-19-31-9-5-6-12-36(31)29-43/h2-30H,1H3. The first-order valence-corrected chi connectivity index (χ1v) is 15.4. The molecule has 0 radical (unpaired) electrons. The highest BCUT2D eigenvalue weighted by Crippen LogP contribution is 2.37. The number of fused-ring (bicyclic) bond motifs is 3. The van der Waals surface area contributed by atoms with E-state index in [4.69, 9.17) is 0 Å². The molecule has 0 saturated heterocycles. The summed E-state index contributed by atoms with van der Waals surface area (Å²) >= 11 is 0. The number of nitrogens with zero attached hydrogens (tertiary/aromatic N) is 2. The van der Waals surface area contributed by atoms with Crippen LogP contribution in [0.25, 0.3) is 43.4 Å². The van der Waals surface area contributed by atoms with Gasteiger partial charge in [0.1, 0.15) is 0 Å². The lowest BCUT2D eigenvalue weighted by Crippen LogP contribution is -2.09. The molecule has 0 atom stereocenters. The summed E-state index contributed by atoms with van der Waals surface area (Å²) in [5.74, 6) is 0. The van der Waals surface area contributed by atoms with Gasteiger partial charge in [-0.1, -0.05) is 103 Å². The molecular weight excluding hydrogens is 544 g/mol. The van der Waals surface area contributed by atoms with E-state index in [1.165, 1.54) is 49.1 Å². The zero-order chi connectivity index (χ0) is 30.2. The Morgan fingerprint density at radius 1 is 0.289 bits per heavy atom. The quantitative estimate of drug-likeness (QED) is 0.182. The van der Waals surface area contributed by atoms with E-state index in [0.717, 1.165) is 22.7 Å². The second-order valence-electron chi connectivity index (χ2n) is 11.6. The van der Waals surface area contributed by atoms with Crippen molar-refractivity contribution in [1.82, 2.24) is 0 Å². The van der Waals surface area contributed by atoms with Gasteiger partial charge >= 0.3 is 0 Å². The third-order valence-corrected chi connectivity index (χ3v) is 8.79. The molecule has 0 bridgehead atoms. The minimum Gasteiger partial charge on any atom is -0.345 e. The van der Waals surface area contributed by atoms with E-state index in [1.54, 1.807) is 0 Å². The molecule has 0 heterocycles. The third kappa shape index (κ3) is 5.17. The van der Waals surface area contributed by atoms with Crippen molar-refractivity contribution in [3.05, 3.63) is 176 Å². The van der Waals surface area contributed by atoms with Crippen LogP contribution in [0.1, 0.15) is 0 Å². The Balaban J connectivity index is 1.07. The first kappa shape index (κ1) is 26.7. The number of rotatable bonds is 6. The fraction of sp³-hybridized carbons (Fsp3) is 0.0233. The van der Waals surface area contributed by atoms with Gasteiger partial charge < -0.3 is 9.80 Å². The van der Waals surface area contributed by atoms with Gasteiger partial charge in [0.2, 0.25) is 0 Å². The Labute approximate surface area is 264 Å². The SMILES string of the molecule is CN(c1ccc(-c2ccc(N(c3ccccc3)c3ccc4ccccc4c3)cc2)cc1)c1ccc2cc3ccccc3cc2c1. The Morgan fingerprint density at radius 2 is 0.711 bits per heavy atom. The van der Waals surface area contributed by atoms with E-state index in [-0.39, 0.29) is 0 Å². The smallest absolute Gasteiger partial charge is 0.0468 e. The van der Waals surface area contributed by atoms with Crippen LogP contribution in [0.3, 0.4) is 0 Å². The number of anilines is 5. The van der Waals surface area contributed by atoms with E-state index in [0.29, 0.717) is 0 Å². The van der Waals surface area contributed by atoms with Crippen LogP contribution < -0.4 is 9.80 Å². The topological polar surface area (TPSA) is 6.48 Å². The normalized spacial score (nSPS) is 11.2. The molecule has 0 aliphatic carbocycles. The molecule has 0 fully saturated rings. The van der Waals surface area contributed by atoms with E-state index < -0.39 is 0 Å². The van der Waals surface area contributed by atoms with E-state index in [1.807, 2.05) is 0 Å². The van der Waals surface area contributed by atoms with Gasteiger partial charge in [0.05, 0.1) is 0 Å². The lowest BCUT2D eigenvalue weighted by Gasteiger charge is -2.26. The number of hydrogen-bond acceptors (Lipinski definition) is 2. The molecule has 0 saturated carbocycles. The molecule has 8 aromatic rings. The summed E-state index contributed by atoms with van der Waals surface area (Å²) in [5, 5.41) is 7.53. The largest absolute Gasteiger partial charge is 0.345 e. The fourth-order valence-corrected chi connectivity index (χ4v) is 6.31. The predicted molar refractivity (Wildman–Crippen MR) is 194 cm³/mol. The van der Waals surface area contributed by atoms with Gasteiger partial charge in [-0.15, -0.1) is 0 Å². The fourth-order valence-electron chi connectivity index (χ4n) is 6.31. The Bertz CT molecular complexity index is 2270. The van der Waals surface area contributed by atoms with Crippen LogP contribution in [-0.4, -0.2) is 7.05 Å². The lowest BCUT2D eigenvalue weighted by atomic mass is 10.0. The molecule has 0 spiro atoms. The highest BCUT2D eigenvalue weighted by Gasteiger charge is 2.13. The van der Waals surface area contributed by atoms with Crippen molar-refractivity contribution in [3.63, 3.8) is 0 Å². The van der Waals surface area contributed by atoms with Crippen LogP contribution in [0, 0.1) is 0 Å². The number of para-hydroxylation sites is 1. The number of benzene rings is 8. The van der Waals surface area contributed by atoms with Crippen LogP contribution in [0.15, 0.2) is 176 Å². The van der Waals surface area contributed by atoms with Gasteiger partial charge in [-0.3, -0.25) is 0 Å². The van der Waals surface area contributed by atoms with Crippen molar-refractivity contribution in [2.75, 3.05) is 16.8 Å². The zero-order valence-corrected chi connectivity index (χ0v) is 25.1. The maximum absolute atomic E-state index is 2.32. The molecular formula is C43H32N2. The zero-order valence-electron chi connectivity index (χ0n) is 25.1. The highest BCUT2D eigenvalue weighted by atomic mass is 15.1. The van der Waals surface area contributed by atoms with Crippen molar-refractivity contribution in [1.29, 1.82) is 0 Å². The summed E-state index contributed by atoms with van der Waals surface area (Å²) in [5.41, 5.74) is 8.11. The predicted octanol–water partition coefficient (Wildman–Crippen LogP) is 12.1. The van der Waals surface area contributed by atoms with Crippen LogP contribution in [0.5, 0.6) is 0 Å². The number of hydrogen-bond donors (Lipinski definition) is 0. The van der Waals surface area contributed by atoms with Gasteiger partial charge in [-0.25, -0.2) is 0 Å². The molecule has 8 rings (SSSR count). The molecule has 0 unspecified atom stereocenters. The summed E-state index contributed by atoms with van der Waals surface area (Å²) in [7, 11) is 2.14. The summed E-state index contributed by atoms with van der Waals surface area (Å²) in [6.45, 7) is 0. The Hall–Kier alpha value is -5.86. The molecule has 2 nitrogen and oxygen atoms in total. The van der Waals surface area contributed by atoms with Gasteiger partial charge in [-0.2, -0.15) is 0 Å². The molecule has 8 aromatic carbocycles. The van der Waals surface area contributed by atoms with Crippen LogP contribution >= 0.6 is 0 Å². The molecule has 2 heteroatoms. The van der Waals surface area contributed by atoms with E-state index >= 15 is 0 Å². The maximum atomic E-state index is 2.32. The Morgan fingerprint density at radius 3 is 1.38 bits per heavy atom. The molecule has 214 valence electrons. The van der Waals surface area contributed by atoms with Crippen LogP contribution in [0.4, 0.5) is 28.4 Å². The minimum atomic E-state index is 1.13. The second kappa shape index (κ2) is 11.3. The van der Waals surface area contributed by atoms with Crippen LogP contribution in [-0.2, 0) is 0 Å².